The van der Waals surface area contributed by atoms with Crippen molar-refractivity contribution in [3.63, 3.8) is 0 Å². The Bertz CT molecular complexity index is 450. The van der Waals surface area contributed by atoms with E-state index in [9.17, 15) is 5.11 Å². The number of phenolic OH excluding ortho intramolecular Hbond substituents is 1. The van der Waals surface area contributed by atoms with E-state index in [1.165, 1.54) is 0 Å². The first-order chi connectivity index (χ1) is 7.77. The molecule has 0 aliphatic heterocycles. The zero-order chi connectivity index (χ0) is 11.4. The molecule has 0 atom stereocenters. The predicted molar refractivity (Wildman–Crippen MR) is 66.9 cm³/mol. The molecule has 0 heterocycles. The van der Waals surface area contributed by atoms with E-state index in [1.54, 1.807) is 18.2 Å². The predicted octanol–water partition coefficient (Wildman–Crippen LogP) is 3.66. The smallest absolute Gasteiger partial charge is 0.122 e. The molecule has 2 rings (SSSR count). The van der Waals surface area contributed by atoms with E-state index in [4.69, 9.17) is 11.6 Å². The molecule has 0 fully saturated rings. The van der Waals surface area contributed by atoms with Gasteiger partial charge in [-0.2, -0.15) is 0 Å². The molecule has 0 radical (unpaired) electrons. The summed E-state index contributed by atoms with van der Waals surface area (Å²) >= 11 is 6.00. The normalized spacial score (nSPS) is 10.1. The van der Waals surface area contributed by atoms with E-state index in [0.29, 0.717) is 17.1 Å². The molecular formula is C13H12ClNO. The monoisotopic (exact) mass is 233 g/mol. The molecular weight excluding hydrogens is 222 g/mol. The standard InChI is InChI=1S/C13H12ClNO/c14-12-7-4-8-13(16)11(12)9-15-10-5-2-1-3-6-10/h1-8,15-16H,9H2. The molecule has 2 aromatic carbocycles. The van der Waals surface area contributed by atoms with Gasteiger partial charge in [0.25, 0.3) is 0 Å². The summed E-state index contributed by atoms with van der Waals surface area (Å²) in [4.78, 5) is 0. The summed E-state index contributed by atoms with van der Waals surface area (Å²) < 4.78 is 0. The third kappa shape index (κ3) is 2.47. The molecule has 0 aliphatic rings. The molecule has 2 nitrogen and oxygen atoms in total. The fourth-order valence-electron chi connectivity index (χ4n) is 1.47. The Morgan fingerprint density at radius 2 is 1.75 bits per heavy atom. The molecule has 0 unspecified atom stereocenters. The highest BCUT2D eigenvalue weighted by molar-refractivity contribution is 6.31. The lowest BCUT2D eigenvalue weighted by molar-refractivity contribution is 0.469. The highest BCUT2D eigenvalue weighted by Crippen LogP contribution is 2.25. The minimum Gasteiger partial charge on any atom is -0.508 e. The molecule has 2 N–H and O–H groups in total. The largest absolute Gasteiger partial charge is 0.508 e. The third-order valence-corrected chi connectivity index (χ3v) is 2.69. The lowest BCUT2D eigenvalue weighted by Gasteiger charge is -2.09. The number of phenols is 1. The Labute approximate surface area is 99.5 Å². The van der Waals surface area contributed by atoms with Gasteiger partial charge in [0.15, 0.2) is 0 Å². The topological polar surface area (TPSA) is 32.3 Å². The second kappa shape index (κ2) is 4.90. The van der Waals surface area contributed by atoms with Crippen LogP contribution >= 0.6 is 11.6 Å². The molecule has 82 valence electrons. The van der Waals surface area contributed by atoms with E-state index in [1.807, 2.05) is 30.3 Å². The average molecular weight is 234 g/mol. The van der Waals surface area contributed by atoms with E-state index in [0.717, 1.165) is 5.69 Å². The van der Waals surface area contributed by atoms with Crippen molar-refractivity contribution in [2.24, 2.45) is 0 Å². The first-order valence-corrected chi connectivity index (χ1v) is 5.40. The van der Waals surface area contributed by atoms with E-state index >= 15 is 0 Å². The van der Waals surface area contributed by atoms with Gasteiger partial charge < -0.3 is 10.4 Å². The summed E-state index contributed by atoms with van der Waals surface area (Å²) in [6.45, 7) is 0.509. The molecule has 0 saturated heterocycles. The van der Waals surface area contributed by atoms with Gasteiger partial charge in [0.05, 0.1) is 0 Å². The van der Waals surface area contributed by atoms with Crippen molar-refractivity contribution in [1.29, 1.82) is 0 Å². The van der Waals surface area contributed by atoms with Gasteiger partial charge in [-0.1, -0.05) is 35.9 Å². The molecule has 16 heavy (non-hydrogen) atoms. The Morgan fingerprint density at radius 1 is 1.00 bits per heavy atom. The van der Waals surface area contributed by atoms with Gasteiger partial charge >= 0.3 is 0 Å². The first-order valence-electron chi connectivity index (χ1n) is 5.02. The second-order valence-corrected chi connectivity index (χ2v) is 3.86. The van der Waals surface area contributed by atoms with Crippen LogP contribution in [0.5, 0.6) is 5.75 Å². The molecule has 0 aliphatic carbocycles. The first kappa shape index (κ1) is 10.8. The summed E-state index contributed by atoms with van der Waals surface area (Å²) in [6, 6.07) is 14.9. The van der Waals surface area contributed by atoms with E-state index < -0.39 is 0 Å². The van der Waals surface area contributed by atoms with E-state index in [2.05, 4.69) is 5.32 Å². The van der Waals surface area contributed by atoms with Crippen molar-refractivity contribution in [3.8, 4) is 5.75 Å². The summed E-state index contributed by atoms with van der Waals surface area (Å²) in [5.41, 5.74) is 1.72. The fraction of sp³-hybridized carbons (Fsp3) is 0.0769. The van der Waals surface area contributed by atoms with Crippen LogP contribution < -0.4 is 5.32 Å². The zero-order valence-corrected chi connectivity index (χ0v) is 9.41. The molecule has 2 aromatic rings. The van der Waals surface area contributed by atoms with Gasteiger partial charge in [-0.15, -0.1) is 0 Å². The van der Waals surface area contributed by atoms with Crippen LogP contribution in [0.3, 0.4) is 0 Å². The Hall–Kier alpha value is -1.67. The second-order valence-electron chi connectivity index (χ2n) is 3.46. The van der Waals surface area contributed by atoms with Crippen LogP contribution in [0.2, 0.25) is 5.02 Å². The number of para-hydroxylation sites is 1. The third-order valence-electron chi connectivity index (χ3n) is 2.34. The van der Waals surface area contributed by atoms with Crippen LogP contribution in [0.25, 0.3) is 0 Å². The number of halogens is 1. The molecule has 0 saturated carbocycles. The Morgan fingerprint density at radius 3 is 2.44 bits per heavy atom. The van der Waals surface area contributed by atoms with Crippen LogP contribution in [0, 0.1) is 0 Å². The highest BCUT2D eigenvalue weighted by Gasteiger charge is 2.04. The number of anilines is 1. The average Bonchev–Trinajstić information content (AvgIpc) is 2.30. The summed E-state index contributed by atoms with van der Waals surface area (Å²) in [5.74, 6) is 0.218. The van der Waals surface area contributed by atoms with Crippen LogP contribution in [0.4, 0.5) is 5.69 Å². The van der Waals surface area contributed by atoms with Crippen LogP contribution in [0.1, 0.15) is 5.56 Å². The number of benzene rings is 2. The zero-order valence-electron chi connectivity index (χ0n) is 8.65. The Kier molecular flexibility index (Phi) is 3.32. The molecule has 0 spiro atoms. The van der Waals surface area contributed by atoms with Crippen molar-refractivity contribution in [2.45, 2.75) is 6.54 Å². The Balaban J connectivity index is 2.11. The summed E-state index contributed by atoms with van der Waals surface area (Å²) in [7, 11) is 0. The van der Waals surface area contributed by atoms with Gasteiger partial charge in [-0.3, -0.25) is 0 Å². The summed E-state index contributed by atoms with van der Waals surface area (Å²) in [5, 5.41) is 13.4. The van der Waals surface area contributed by atoms with Gasteiger partial charge in [0.2, 0.25) is 0 Å². The van der Waals surface area contributed by atoms with E-state index in [-0.39, 0.29) is 5.75 Å². The number of rotatable bonds is 3. The highest BCUT2D eigenvalue weighted by atomic mass is 35.5. The van der Waals surface area contributed by atoms with Crippen LogP contribution in [-0.2, 0) is 6.54 Å². The fourth-order valence-corrected chi connectivity index (χ4v) is 1.71. The maximum atomic E-state index is 9.64. The number of hydrogen-bond donors (Lipinski definition) is 2. The van der Waals surface area contributed by atoms with Crippen molar-refractivity contribution in [2.75, 3.05) is 5.32 Å². The lowest BCUT2D eigenvalue weighted by atomic mass is 10.2. The van der Waals surface area contributed by atoms with Gasteiger partial charge in [-0.25, -0.2) is 0 Å². The van der Waals surface area contributed by atoms with Gasteiger partial charge in [0.1, 0.15) is 5.75 Å². The number of nitrogens with one attached hydrogen (secondary N) is 1. The van der Waals surface area contributed by atoms with Gasteiger partial charge in [0, 0.05) is 22.8 Å². The minimum atomic E-state index is 0.218. The number of hydrogen-bond acceptors (Lipinski definition) is 2. The molecule has 3 heteroatoms. The summed E-state index contributed by atoms with van der Waals surface area (Å²) in [6.07, 6.45) is 0. The lowest BCUT2D eigenvalue weighted by Crippen LogP contribution is -2.00. The van der Waals surface area contributed by atoms with Crippen molar-refractivity contribution in [1.82, 2.24) is 0 Å². The maximum Gasteiger partial charge on any atom is 0.122 e. The van der Waals surface area contributed by atoms with Crippen molar-refractivity contribution in [3.05, 3.63) is 59.1 Å². The maximum absolute atomic E-state index is 9.64. The van der Waals surface area contributed by atoms with Crippen LogP contribution in [-0.4, -0.2) is 5.11 Å². The number of aromatic hydroxyl groups is 1. The van der Waals surface area contributed by atoms with Crippen molar-refractivity contribution >= 4 is 17.3 Å². The molecule has 0 aromatic heterocycles. The SMILES string of the molecule is Oc1cccc(Cl)c1CNc1ccccc1. The van der Waals surface area contributed by atoms with Crippen LogP contribution in [0.15, 0.2) is 48.5 Å². The van der Waals surface area contributed by atoms with Gasteiger partial charge in [-0.05, 0) is 24.3 Å². The molecule has 0 amide bonds. The quantitative estimate of drug-likeness (QED) is 0.848. The van der Waals surface area contributed by atoms with Crippen molar-refractivity contribution < 1.29 is 5.11 Å². The molecule has 0 bridgehead atoms. The minimum absolute atomic E-state index is 0.218.